The molecular formula is C18H31NO6. The predicted molar refractivity (Wildman–Crippen MR) is 91.3 cm³/mol. The van der Waals surface area contributed by atoms with E-state index < -0.39 is 34.9 Å². The maximum atomic E-state index is 13.0. The lowest BCUT2D eigenvalue weighted by atomic mass is 9.86. The summed E-state index contributed by atoms with van der Waals surface area (Å²) in [7, 11) is 0. The summed E-state index contributed by atoms with van der Waals surface area (Å²) >= 11 is 0. The van der Waals surface area contributed by atoms with E-state index in [1.807, 2.05) is 0 Å². The Morgan fingerprint density at radius 3 is 2.16 bits per heavy atom. The molecule has 144 valence electrons. The molecule has 0 saturated carbocycles. The van der Waals surface area contributed by atoms with Crippen LogP contribution in [0.3, 0.4) is 0 Å². The van der Waals surface area contributed by atoms with Gasteiger partial charge in [0.2, 0.25) is 0 Å². The van der Waals surface area contributed by atoms with Crippen molar-refractivity contribution < 1.29 is 28.5 Å². The molecule has 2 aliphatic rings. The number of carbonyl (C=O) groups is 2. The van der Waals surface area contributed by atoms with Crippen LogP contribution in [0.2, 0.25) is 0 Å². The van der Waals surface area contributed by atoms with Gasteiger partial charge in [-0.3, -0.25) is 0 Å². The highest BCUT2D eigenvalue weighted by atomic mass is 16.6. The first-order valence-electron chi connectivity index (χ1n) is 8.91. The Morgan fingerprint density at radius 2 is 1.64 bits per heavy atom. The molecule has 7 heteroatoms. The molecular weight excluding hydrogens is 326 g/mol. The Hall–Kier alpha value is -1.34. The predicted octanol–water partition coefficient (Wildman–Crippen LogP) is 2.56. The van der Waals surface area contributed by atoms with Crippen molar-refractivity contribution in [3.05, 3.63) is 0 Å². The van der Waals surface area contributed by atoms with E-state index >= 15 is 0 Å². The highest BCUT2D eigenvalue weighted by Gasteiger charge is 2.57. The van der Waals surface area contributed by atoms with E-state index in [9.17, 15) is 9.59 Å². The van der Waals surface area contributed by atoms with E-state index in [2.05, 4.69) is 5.32 Å². The standard InChI is InChI=1S/C18H31NO6/c1-16(2,3)24-14(20)18(19-15(21)25-17(4,5)6)9-11-23-13(18)12-8-7-10-22-12/h12-13H,7-11H2,1-6H3,(H,19,21)/t12?,13-,18+/m1/s1. The topological polar surface area (TPSA) is 83.1 Å². The molecule has 2 rings (SSSR count). The molecule has 2 heterocycles. The van der Waals surface area contributed by atoms with Crippen LogP contribution in [0.5, 0.6) is 0 Å². The number of hydrogen-bond donors (Lipinski definition) is 1. The van der Waals surface area contributed by atoms with E-state index in [-0.39, 0.29) is 6.10 Å². The fraction of sp³-hybridized carbons (Fsp3) is 0.889. The molecule has 1 unspecified atom stereocenters. The summed E-state index contributed by atoms with van der Waals surface area (Å²) in [5, 5.41) is 2.76. The van der Waals surface area contributed by atoms with Gasteiger partial charge in [-0.2, -0.15) is 0 Å². The van der Waals surface area contributed by atoms with Gasteiger partial charge in [-0.05, 0) is 54.4 Å². The molecule has 0 radical (unpaired) electrons. The number of rotatable bonds is 3. The maximum absolute atomic E-state index is 13.0. The zero-order valence-electron chi connectivity index (χ0n) is 16.1. The Bertz CT molecular complexity index is 501. The van der Waals surface area contributed by atoms with Crippen molar-refractivity contribution >= 4 is 12.1 Å². The van der Waals surface area contributed by atoms with Gasteiger partial charge < -0.3 is 24.3 Å². The van der Waals surface area contributed by atoms with Crippen molar-refractivity contribution in [2.45, 2.75) is 89.8 Å². The summed E-state index contributed by atoms with van der Waals surface area (Å²) < 4.78 is 22.5. The van der Waals surface area contributed by atoms with Crippen molar-refractivity contribution in [1.29, 1.82) is 0 Å². The second kappa shape index (κ2) is 7.11. The van der Waals surface area contributed by atoms with Crippen molar-refractivity contribution in [2.75, 3.05) is 13.2 Å². The minimum absolute atomic E-state index is 0.245. The maximum Gasteiger partial charge on any atom is 0.408 e. The smallest absolute Gasteiger partial charge is 0.408 e. The third-order valence-corrected chi connectivity index (χ3v) is 4.07. The number of nitrogens with one attached hydrogen (secondary N) is 1. The Balaban J connectivity index is 2.27. The quantitative estimate of drug-likeness (QED) is 0.782. The lowest BCUT2D eigenvalue weighted by molar-refractivity contribution is -0.169. The molecule has 1 amide bonds. The van der Waals surface area contributed by atoms with Crippen molar-refractivity contribution in [1.82, 2.24) is 5.32 Å². The molecule has 1 N–H and O–H groups in total. The molecule has 0 aliphatic carbocycles. The fourth-order valence-corrected chi connectivity index (χ4v) is 3.16. The third-order valence-electron chi connectivity index (χ3n) is 4.07. The first-order chi connectivity index (χ1) is 11.4. The molecule has 7 nitrogen and oxygen atoms in total. The van der Waals surface area contributed by atoms with Gasteiger partial charge in [0.05, 0.1) is 12.7 Å². The zero-order valence-corrected chi connectivity index (χ0v) is 16.1. The molecule has 2 saturated heterocycles. The lowest BCUT2D eigenvalue weighted by Crippen LogP contribution is -2.64. The van der Waals surface area contributed by atoms with Crippen LogP contribution in [0.25, 0.3) is 0 Å². The van der Waals surface area contributed by atoms with Crippen LogP contribution in [0, 0.1) is 0 Å². The van der Waals surface area contributed by atoms with E-state index in [0.29, 0.717) is 19.6 Å². The summed E-state index contributed by atoms with van der Waals surface area (Å²) in [4.78, 5) is 25.4. The van der Waals surface area contributed by atoms with Crippen LogP contribution < -0.4 is 5.32 Å². The zero-order chi connectivity index (χ0) is 18.9. The van der Waals surface area contributed by atoms with Gasteiger partial charge in [0.15, 0.2) is 5.54 Å². The molecule has 3 atom stereocenters. The number of ether oxygens (including phenoxy) is 4. The molecule has 25 heavy (non-hydrogen) atoms. The average Bonchev–Trinajstić information content (AvgIpc) is 3.02. The molecule has 2 fully saturated rings. The highest BCUT2D eigenvalue weighted by Crippen LogP contribution is 2.35. The number of carbonyl (C=O) groups excluding carboxylic acids is 2. The molecule has 0 aromatic carbocycles. The average molecular weight is 357 g/mol. The summed E-state index contributed by atoms with van der Waals surface area (Å²) in [6.07, 6.45) is 0.521. The van der Waals surface area contributed by atoms with Gasteiger partial charge in [-0.15, -0.1) is 0 Å². The monoisotopic (exact) mass is 357 g/mol. The summed E-state index contributed by atoms with van der Waals surface area (Å²) in [5.41, 5.74) is -2.65. The third kappa shape index (κ3) is 5.07. The van der Waals surface area contributed by atoms with Crippen LogP contribution in [-0.2, 0) is 23.7 Å². The van der Waals surface area contributed by atoms with Gasteiger partial charge in [0, 0.05) is 13.0 Å². The van der Waals surface area contributed by atoms with E-state index in [1.54, 1.807) is 41.5 Å². The van der Waals surface area contributed by atoms with Crippen LogP contribution in [0.15, 0.2) is 0 Å². The Morgan fingerprint density at radius 1 is 1.00 bits per heavy atom. The number of esters is 1. The normalized spacial score (nSPS) is 30.2. The summed E-state index contributed by atoms with van der Waals surface area (Å²) in [5.74, 6) is -0.510. The minimum Gasteiger partial charge on any atom is -0.458 e. The van der Waals surface area contributed by atoms with E-state index in [1.165, 1.54) is 0 Å². The van der Waals surface area contributed by atoms with Gasteiger partial charge in [-0.1, -0.05) is 0 Å². The largest absolute Gasteiger partial charge is 0.458 e. The van der Waals surface area contributed by atoms with Crippen LogP contribution >= 0.6 is 0 Å². The number of hydrogen-bond acceptors (Lipinski definition) is 6. The minimum atomic E-state index is -1.30. The van der Waals surface area contributed by atoms with Crippen LogP contribution in [0.1, 0.15) is 60.8 Å². The number of alkyl carbamates (subject to hydrolysis) is 1. The molecule has 0 aromatic rings. The fourth-order valence-electron chi connectivity index (χ4n) is 3.16. The second-order valence-electron chi connectivity index (χ2n) is 8.69. The van der Waals surface area contributed by atoms with Crippen molar-refractivity contribution in [3.8, 4) is 0 Å². The van der Waals surface area contributed by atoms with E-state index in [0.717, 1.165) is 12.8 Å². The Kier molecular flexibility index (Phi) is 5.68. The Labute approximate surface area is 149 Å². The van der Waals surface area contributed by atoms with Crippen molar-refractivity contribution in [2.24, 2.45) is 0 Å². The van der Waals surface area contributed by atoms with Crippen LogP contribution in [-0.4, -0.2) is 54.2 Å². The molecule has 0 bridgehead atoms. The van der Waals surface area contributed by atoms with E-state index in [4.69, 9.17) is 18.9 Å². The molecule has 0 spiro atoms. The van der Waals surface area contributed by atoms with Crippen LogP contribution in [0.4, 0.5) is 4.79 Å². The summed E-state index contributed by atoms with van der Waals surface area (Å²) in [6.45, 7) is 11.7. The number of amides is 1. The molecule has 2 aliphatic heterocycles. The highest BCUT2D eigenvalue weighted by molar-refractivity contribution is 5.87. The van der Waals surface area contributed by atoms with Gasteiger partial charge in [-0.25, -0.2) is 9.59 Å². The van der Waals surface area contributed by atoms with Gasteiger partial charge >= 0.3 is 12.1 Å². The second-order valence-corrected chi connectivity index (χ2v) is 8.69. The lowest BCUT2D eigenvalue weighted by Gasteiger charge is -2.37. The van der Waals surface area contributed by atoms with Gasteiger partial charge in [0.1, 0.15) is 17.3 Å². The molecule has 0 aromatic heterocycles. The van der Waals surface area contributed by atoms with Gasteiger partial charge in [0.25, 0.3) is 0 Å². The SMILES string of the molecule is CC(C)(C)OC(=O)N[C@@]1(C(=O)OC(C)(C)C)CCO[C@@H]1C1CCCO1. The first kappa shape index (κ1) is 20.0. The summed E-state index contributed by atoms with van der Waals surface area (Å²) in [6, 6.07) is 0. The first-order valence-corrected chi connectivity index (χ1v) is 8.91. The van der Waals surface area contributed by atoms with Crippen molar-refractivity contribution in [3.63, 3.8) is 0 Å².